The molecule has 3 N–H and O–H groups in total. The van der Waals surface area contributed by atoms with Crippen molar-refractivity contribution in [1.82, 2.24) is 5.43 Å². The third-order valence-electron chi connectivity index (χ3n) is 4.01. The van der Waals surface area contributed by atoms with Gasteiger partial charge in [0.1, 0.15) is 5.84 Å². The van der Waals surface area contributed by atoms with E-state index in [2.05, 4.69) is 50.5 Å². The lowest BCUT2D eigenvalue weighted by Crippen LogP contribution is -2.34. The summed E-state index contributed by atoms with van der Waals surface area (Å²) in [5.41, 5.74) is 5.33. The fraction of sp³-hybridized carbons (Fsp3) is 0.588. The van der Waals surface area contributed by atoms with Crippen molar-refractivity contribution in [2.75, 3.05) is 0 Å². The molecule has 0 heterocycles. The van der Waals surface area contributed by atoms with Crippen molar-refractivity contribution >= 4 is 5.84 Å². The van der Waals surface area contributed by atoms with Crippen LogP contribution in [-0.4, -0.2) is 11.9 Å². The average molecular weight is 273 g/mol. The highest BCUT2D eigenvalue weighted by atomic mass is 15.3. The molecule has 0 atom stereocenters. The van der Waals surface area contributed by atoms with Crippen LogP contribution in [-0.2, 0) is 5.41 Å². The van der Waals surface area contributed by atoms with E-state index in [9.17, 15) is 0 Å². The molecular weight excluding hydrogens is 246 g/mol. The van der Waals surface area contributed by atoms with E-state index in [1.807, 2.05) is 0 Å². The Labute approximate surface area is 122 Å². The van der Waals surface area contributed by atoms with Gasteiger partial charge in [0.2, 0.25) is 0 Å². The Bertz CT molecular complexity index is 465. The first-order valence-electron chi connectivity index (χ1n) is 7.66. The van der Waals surface area contributed by atoms with Crippen LogP contribution in [0.1, 0.15) is 64.0 Å². The van der Waals surface area contributed by atoms with Gasteiger partial charge in [-0.1, -0.05) is 64.3 Å². The number of nitrogens with two attached hydrogens (primary N) is 1. The highest BCUT2D eigenvalue weighted by Crippen LogP contribution is 2.27. The van der Waals surface area contributed by atoms with Crippen molar-refractivity contribution in [3.8, 4) is 0 Å². The predicted octanol–water partition coefficient (Wildman–Crippen LogP) is 3.53. The molecule has 0 spiro atoms. The number of benzene rings is 1. The summed E-state index contributed by atoms with van der Waals surface area (Å²) in [7, 11) is 0. The van der Waals surface area contributed by atoms with Crippen LogP contribution >= 0.6 is 0 Å². The number of amidine groups is 1. The molecule has 1 aromatic carbocycles. The summed E-state index contributed by atoms with van der Waals surface area (Å²) < 4.78 is 0. The first-order valence-corrected chi connectivity index (χ1v) is 7.66. The molecule has 0 radical (unpaired) electrons. The first kappa shape index (κ1) is 15.0. The lowest BCUT2D eigenvalue weighted by molar-refractivity contribution is 0.442. The number of rotatable bonds is 2. The third-order valence-corrected chi connectivity index (χ3v) is 4.01. The molecule has 110 valence electrons. The molecule has 3 heteroatoms. The van der Waals surface area contributed by atoms with Crippen LogP contribution in [0.2, 0.25) is 0 Å². The predicted molar refractivity (Wildman–Crippen MR) is 85.9 cm³/mol. The van der Waals surface area contributed by atoms with Crippen molar-refractivity contribution in [3.63, 3.8) is 0 Å². The van der Waals surface area contributed by atoms with Gasteiger partial charge in [-0.25, -0.2) is 5.84 Å². The average Bonchev–Trinajstić information content (AvgIpc) is 2.45. The molecule has 0 bridgehead atoms. The van der Waals surface area contributed by atoms with Gasteiger partial charge in [0.15, 0.2) is 0 Å². The summed E-state index contributed by atoms with van der Waals surface area (Å²) in [5, 5.41) is 0. The van der Waals surface area contributed by atoms with E-state index >= 15 is 0 Å². The summed E-state index contributed by atoms with van der Waals surface area (Å²) in [5.74, 6) is 6.59. The Morgan fingerprint density at radius 2 is 1.80 bits per heavy atom. The molecule has 20 heavy (non-hydrogen) atoms. The van der Waals surface area contributed by atoms with Crippen LogP contribution in [0.3, 0.4) is 0 Å². The molecule has 1 saturated carbocycles. The molecule has 1 aromatic rings. The van der Waals surface area contributed by atoms with Crippen molar-refractivity contribution in [1.29, 1.82) is 0 Å². The summed E-state index contributed by atoms with van der Waals surface area (Å²) in [6.07, 6.45) is 6.28. The van der Waals surface area contributed by atoms with Gasteiger partial charge in [-0.2, -0.15) is 0 Å². The minimum Gasteiger partial charge on any atom is -0.308 e. The molecule has 0 amide bonds. The topological polar surface area (TPSA) is 50.4 Å². The molecule has 0 saturated heterocycles. The van der Waals surface area contributed by atoms with Gasteiger partial charge in [-0.05, 0) is 23.8 Å². The van der Waals surface area contributed by atoms with E-state index < -0.39 is 0 Å². The molecule has 2 rings (SSSR count). The molecule has 0 aliphatic heterocycles. The molecule has 0 unspecified atom stereocenters. The molecule has 0 aromatic heterocycles. The smallest absolute Gasteiger partial charge is 0.143 e. The zero-order valence-corrected chi connectivity index (χ0v) is 12.9. The summed E-state index contributed by atoms with van der Waals surface area (Å²) in [4.78, 5) is 4.88. The number of nitrogens with one attached hydrogen (secondary N) is 1. The quantitative estimate of drug-likeness (QED) is 0.375. The minimum atomic E-state index is 0.0841. The van der Waals surface area contributed by atoms with Gasteiger partial charge in [0.05, 0.1) is 6.04 Å². The highest BCUT2D eigenvalue weighted by Gasteiger charge is 2.21. The zero-order chi connectivity index (χ0) is 14.6. The fourth-order valence-corrected chi connectivity index (χ4v) is 2.92. The van der Waals surface area contributed by atoms with Gasteiger partial charge in [0, 0.05) is 5.56 Å². The van der Waals surface area contributed by atoms with E-state index in [-0.39, 0.29) is 5.41 Å². The van der Waals surface area contributed by atoms with Crippen molar-refractivity contribution in [2.45, 2.75) is 64.3 Å². The van der Waals surface area contributed by atoms with E-state index in [0.717, 1.165) is 11.4 Å². The second kappa shape index (κ2) is 6.40. The highest BCUT2D eigenvalue weighted by molar-refractivity contribution is 6.00. The largest absolute Gasteiger partial charge is 0.308 e. The maximum atomic E-state index is 5.75. The molecule has 1 aliphatic carbocycles. The maximum absolute atomic E-state index is 5.75. The lowest BCUT2D eigenvalue weighted by Gasteiger charge is -2.25. The maximum Gasteiger partial charge on any atom is 0.143 e. The first-order chi connectivity index (χ1) is 9.52. The van der Waals surface area contributed by atoms with Gasteiger partial charge in [0.25, 0.3) is 0 Å². The number of hydrogen-bond acceptors (Lipinski definition) is 2. The van der Waals surface area contributed by atoms with E-state index in [1.165, 1.54) is 37.7 Å². The van der Waals surface area contributed by atoms with E-state index in [4.69, 9.17) is 10.8 Å². The van der Waals surface area contributed by atoms with Crippen molar-refractivity contribution < 1.29 is 0 Å². The van der Waals surface area contributed by atoms with Crippen molar-refractivity contribution in [2.24, 2.45) is 10.8 Å². The summed E-state index contributed by atoms with van der Waals surface area (Å²) in [6.45, 7) is 6.67. The minimum absolute atomic E-state index is 0.0841. The van der Waals surface area contributed by atoms with Gasteiger partial charge in [-0.15, -0.1) is 0 Å². The molecular formula is C17H27N3. The zero-order valence-electron chi connectivity index (χ0n) is 12.9. The fourth-order valence-electron chi connectivity index (χ4n) is 2.92. The SMILES string of the molecule is CC(C)(C)c1ccccc1C(=NC1CCCCC1)NN. The monoisotopic (exact) mass is 273 g/mol. The van der Waals surface area contributed by atoms with E-state index in [1.54, 1.807) is 0 Å². The Morgan fingerprint density at radius 1 is 1.15 bits per heavy atom. The van der Waals surface area contributed by atoms with Crippen LogP contribution in [0.15, 0.2) is 29.3 Å². The second-order valence-corrected chi connectivity index (χ2v) is 6.71. The summed E-state index contributed by atoms with van der Waals surface area (Å²) >= 11 is 0. The lowest BCUT2D eigenvalue weighted by atomic mass is 9.83. The Kier molecular flexibility index (Phi) is 4.81. The van der Waals surface area contributed by atoms with Gasteiger partial charge >= 0.3 is 0 Å². The van der Waals surface area contributed by atoms with Gasteiger partial charge < -0.3 is 5.43 Å². The van der Waals surface area contributed by atoms with Crippen LogP contribution in [0.4, 0.5) is 0 Å². The van der Waals surface area contributed by atoms with Crippen LogP contribution in [0.25, 0.3) is 0 Å². The normalized spacial score (nSPS) is 18.1. The molecule has 1 aliphatic rings. The summed E-state index contributed by atoms with van der Waals surface area (Å²) in [6, 6.07) is 8.84. The van der Waals surface area contributed by atoms with Crippen LogP contribution in [0.5, 0.6) is 0 Å². The third kappa shape index (κ3) is 3.60. The molecule has 3 nitrogen and oxygen atoms in total. The second-order valence-electron chi connectivity index (χ2n) is 6.71. The van der Waals surface area contributed by atoms with Crippen LogP contribution in [0, 0.1) is 0 Å². The number of hydrazine groups is 1. The van der Waals surface area contributed by atoms with Crippen LogP contribution < -0.4 is 11.3 Å². The number of aliphatic imine (C=N–C) groups is 1. The van der Waals surface area contributed by atoms with Gasteiger partial charge in [-0.3, -0.25) is 4.99 Å². The number of hydrogen-bond donors (Lipinski definition) is 2. The molecule has 1 fully saturated rings. The Balaban J connectivity index is 2.34. The van der Waals surface area contributed by atoms with Crippen molar-refractivity contribution in [3.05, 3.63) is 35.4 Å². The standard InChI is InChI=1S/C17H27N3/c1-17(2,3)15-12-8-7-11-14(15)16(20-18)19-13-9-5-4-6-10-13/h7-8,11-13H,4-6,9-10,18H2,1-3H3,(H,19,20). The number of nitrogens with zero attached hydrogens (tertiary/aromatic N) is 1. The Morgan fingerprint density at radius 3 is 2.40 bits per heavy atom. The Hall–Kier alpha value is -1.35. The van der Waals surface area contributed by atoms with E-state index in [0.29, 0.717) is 6.04 Å².